The molecule has 1 amide bonds. The Labute approximate surface area is 79.9 Å². The maximum absolute atomic E-state index is 11.4. The predicted octanol–water partition coefficient (Wildman–Crippen LogP) is -0.632. The van der Waals surface area contributed by atoms with Gasteiger partial charge in [-0.1, -0.05) is 0 Å². The zero-order chi connectivity index (χ0) is 9.84. The van der Waals surface area contributed by atoms with Gasteiger partial charge in [-0.25, -0.2) is 0 Å². The van der Waals surface area contributed by atoms with Gasteiger partial charge in [-0.15, -0.1) is 0 Å². The molecule has 4 nitrogen and oxygen atoms in total. The van der Waals surface area contributed by atoms with Gasteiger partial charge < -0.3 is 10.2 Å². The summed E-state index contributed by atoms with van der Waals surface area (Å²) in [5.41, 5.74) is 0. The quantitative estimate of drug-likeness (QED) is 0.636. The van der Waals surface area contributed by atoms with Crippen LogP contribution in [0.15, 0.2) is 0 Å². The number of piperazine rings is 1. The van der Waals surface area contributed by atoms with Gasteiger partial charge in [-0.2, -0.15) is 0 Å². The molecule has 0 aliphatic carbocycles. The Kier molecular flexibility index (Phi) is 3.69. The van der Waals surface area contributed by atoms with Gasteiger partial charge in [0.1, 0.15) is 0 Å². The van der Waals surface area contributed by atoms with Gasteiger partial charge in [-0.3, -0.25) is 9.69 Å². The van der Waals surface area contributed by atoms with E-state index >= 15 is 0 Å². The summed E-state index contributed by atoms with van der Waals surface area (Å²) in [4.78, 5) is 15.5. The summed E-state index contributed by atoms with van der Waals surface area (Å²) >= 11 is 0. The molecular weight excluding hydrogens is 166 g/mol. The molecule has 0 radical (unpaired) electrons. The molecule has 0 aromatic carbocycles. The number of likely N-dealkylation sites (N-methyl/N-ethyl adjacent to an activating group) is 3. The lowest BCUT2D eigenvalue weighted by Gasteiger charge is -2.38. The smallest absolute Gasteiger partial charge is 0.236 e. The zero-order valence-corrected chi connectivity index (χ0v) is 8.71. The first-order valence-electron chi connectivity index (χ1n) is 4.81. The van der Waals surface area contributed by atoms with Gasteiger partial charge in [0.15, 0.2) is 0 Å². The highest BCUT2D eigenvalue weighted by Gasteiger charge is 2.27. The molecular formula is C9H19N3O. The molecule has 13 heavy (non-hydrogen) atoms. The number of hydrogen-bond donors (Lipinski definition) is 1. The summed E-state index contributed by atoms with van der Waals surface area (Å²) in [6, 6.07) is 0.461. The SMILES string of the molecule is CCN1CC(CNC)N(C)CC1=O. The molecule has 1 unspecified atom stereocenters. The van der Waals surface area contributed by atoms with Crippen molar-refractivity contribution >= 4 is 5.91 Å². The third-order valence-corrected chi connectivity index (χ3v) is 2.61. The highest BCUT2D eigenvalue weighted by atomic mass is 16.2. The molecule has 0 spiro atoms. The van der Waals surface area contributed by atoms with Gasteiger partial charge >= 0.3 is 0 Å². The third kappa shape index (κ3) is 2.42. The third-order valence-electron chi connectivity index (χ3n) is 2.61. The fourth-order valence-corrected chi connectivity index (χ4v) is 1.70. The van der Waals surface area contributed by atoms with Crippen molar-refractivity contribution in [2.75, 3.05) is 40.3 Å². The number of hydrogen-bond acceptors (Lipinski definition) is 3. The van der Waals surface area contributed by atoms with Crippen LogP contribution in [0.5, 0.6) is 0 Å². The summed E-state index contributed by atoms with van der Waals surface area (Å²) in [6.07, 6.45) is 0. The summed E-state index contributed by atoms with van der Waals surface area (Å²) in [7, 11) is 3.95. The van der Waals surface area contributed by atoms with E-state index in [4.69, 9.17) is 0 Å². The predicted molar refractivity (Wildman–Crippen MR) is 52.6 cm³/mol. The van der Waals surface area contributed by atoms with Crippen LogP contribution in [-0.4, -0.2) is 62.0 Å². The number of rotatable bonds is 3. The second-order valence-corrected chi connectivity index (χ2v) is 3.56. The fraction of sp³-hybridized carbons (Fsp3) is 0.889. The minimum Gasteiger partial charge on any atom is -0.340 e. The van der Waals surface area contributed by atoms with E-state index in [0.717, 1.165) is 19.6 Å². The number of nitrogens with zero attached hydrogens (tertiary/aromatic N) is 2. The Morgan fingerprint density at radius 1 is 1.62 bits per heavy atom. The lowest BCUT2D eigenvalue weighted by Crippen LogP contribution is -2.57. The van der Waals surface area contributed by atoms with Crippen LogP contribution in [0.3, 0.4) is 0 Å². The molecule has 1 atom stereocenters. The van der Waals surface area contributed by atoms with Gasteiger partial charge in [0.2, 0.25) is 5.91 Å². The Bertz CT molecular complexity index is 184. The Morgan fingerprint density at radius 3 is 2.85 bits per heavy atom. The molecule has 0 bridgehead atoms. The topological polar surface area (TPSA) is 35.6 Å². The average molecular weight is 185 g/mol. The van der Waals surface area contributed by atoms with Crippen LogP contribution < -0.4 is 5.32 Å². The maximum atomic E-state index is 11.4. The molecule has 76 valence electrons. The molecule has 4 heteroatoms. The first-order chi connectivity index (χ1) is 6.19. The summed E-state index contributed by atoms with van der Waals surface area (Å²) in [6.45, 7) is 5.21. The van der Waals surface area contributed by atoms with E-state index in [1.54, 1.807) is 0 Å². The van der Waals surface area contributed by atoms with E-state index in [0.29, 0.717) is 12.6 Å². The maximum Gasteiger partial charge on any atom is 0.236 e. The lowest BCUT2D eigenvalue weighted by atomic mass is 10.1. The number of nitrogens with one attached hydrogen (secondary N) is 1. The van der Waals surface area contributed by atoms with Crippen molar-refractivity contribution in [3.8, 4) is 0 Å². The standard InChI is InChI=1S/C9H19N3O/c1-4-12-6-8(5-10-2)11(3)7-9(12)13/h8,10H,4-7H2,1-3H3. The number of carbonyl (C=O) groups is 1. The van der Waals surface area contributed by atoms with E-state index in [2.05, 4.69) is 10.2 Å². The Hall–Kier alpha value is -0.610. The van der Waals surface area contributed by atoms with Crippen molar-refractivity contribution in [2.45, 2.75) is 13.0 Å². The van der Waals surface area contributed by atoms with Crippen molar-refractivity contribution in [1.82, 2.24) is 15.1 Å². The fourth-order valence-electron chi connectivity index (χ4n) is 1.70. The van der Waals surface area contributed by atoms with Crippen LogP contribution in [0.2, 0.25) is 0 Å². The number of carbonyl (C=O) groups excluding carboxylic acids is 1. The van der Waals surface area contributed by atoms with Crippen LogP contribution in [0.1, 0.15) is 6.92 Å². The lowest BCUT2D eigenvalue weighted by molar-refractivity contribution is -0.137. The van der Waals surface area contributed by atoms with Crippen molar-refractivity contribution in [2.24, 2.45) is 0 Å². The van der Waals surface area contributed by atoms with Crippen molar-refractivity contribution in [1.29, 1.82) is 0 Å². The van der Waals surface area contributed by atoms with E-state index in [1.807, 2.05) is 25.9 Å². The van der Waals surface area contributed by atoms with Crippen LogP contribution in [0, 0.1) is 0 Å². The molecule has 1 saturated heterocycles. The molecule has 1 rings (SSSR count). The highest BCUT2D eigenvalue weighted by molar-refractivity contribution is 5.79. The summed E-state index contributed by atoms with van der Waals surface area (Å²) in [5, 5.41) is 3.15. The minimum atomic E-state index is 0.248. The first kappa shape index (κ1) is 10.5. The Morgan fingerprint density at radius 2 is 2.31 bits per heavy atom. The van der Waals surface area contributed by atoms with Gasteiger partial charge in [0.05, 0.1) is 6.54 Å². The largest absolute Gasteiger partial charge is 0.340 e. The van der Waals surface area contributed by atoms with E-state index in [9.17, 15) is 4.79 Å². The average Bonchev–Trinajstić information content (AvgIpc) is 2.10. The Balaban J connectivity index is 2.53. The summed E-state index contributed by atoms with van der Waals surface area (Å²) < 4.78 is 0. The van der Waals surface area contributed by atoms with Crippen LogP contribution in [0.25, 0.3) is 0 Å². The van der Waals surface area contributed by atoms with Crippen LogP contribution in [0.4, 0.5) is 0 Å². The van der Waals surface area contributed by atoms with E-state index in [1.165, 1.54) is 0 Å². The molecule has 0 aromatic heterocycles. The zero-order valence-electron chi connectivity index (χ0n) is 8.71. The van der Waals surface area contributed by atoms with Gasteiger partial charge in [0.25, 0.3) is 0 Å². The molecule has 1 heterocycles. The monoisotopic (exact) mass is 185 g/mol. The van der Waals surface area contributed by atoms with Crippen LogP contribution in [-0.2, 0) is 4.79 Å². The molecule has 0 aromatic rings. The normalized spacial score (nSPS) is 25.3. The van der Waals surface area contributed by atoms with Gasteiger partial charge in [-0.05, 0) is 21.0 Å². The minimum absolute atomic E-state index is 0.248. The first-order valence-corrected chi connectivity index (χ1v) is 4.81. The second-order valence-electron chi connectivity index (χ2n) is 3.56. The highest BCUT2D eigenvalue weighted by Crippen LogP contribution is 2.07. The van der Waals surface area contributed by atoms with Crippen molar-refractivity contribution in [3.63, 3.8) is 0 Å². The molecule has 1 N–H and O–H groups in total. The second kappa shape index (κ2) is 4.58. The van der Waals surface area contributed by atoms with Gasteiger partial charge in [0, 0.05) is 25.7 Å². The molecule has 1 aliphatic rings. The molecule has 1 aliphatic heterocycles. The molecule has 0 saturated carbocycles. The van der Waals surface area contributed by atoms with E-state index < -0.39 is 0 Å². The molecule has 1 fully saturated rings. The van der Waals surface area contributed by atoms with Crippen molar-refractivity contribution in [3.05, 3.63) is 0 Å². The summed E-state index contributed by atoms with van der Waals surface area (Å²) in [5.74, 6) is 0.248. The van der Waals surface area contributed by atoms with Crippen LogP contribution >= 0.6 is 0 Å². The van der Waals surface area contributed by atoms with Crippen molar-refractivity contribution < 1.29 is 4.79 Å². The van der Waals surface area contributed by atoms with E-state index in [-0.39, 0.29) is 5.91 Å². The number of amides is 1.